The zero-order chi connectivity index (χ0) is 16.4. The second-order valence-corrected chi connectivity index (χ2v) is 6.45. The highest BCUT2D eigenvalue weighted by Gasteiger charge is 2.29. The van der Waals surface area contributed by atoms with Gasteiger partial charge in [-0.05, 0) is 18.2 Å². The smallest absolute Gasteiger partial charge is 0.223 e. The molecule has 4 heteroatoms. The van der Waals surface area contributed by atoms with Crippen molar-refractivity contribution in [3.05, 3.63) is 60.2 Å². The second-order valence-electron chi connectivity index (χ2n) is 6.45. The molecule has 2 aliphatic heterocycles. The lowest BCUT2D eigenvalue weighted by atomic mass is 9.97. The minimum Gasteiger partial charge on any atom is -0.493 e. The molecule has 4 rings (SSSR count). The van der Waals surface area contributed by atoms with Crippen molar-refractivity contribution in [1.82, 2.24) is 4.90 Å². The number of amides is 1. The Balaban J connectivity index is 1.34. The molecular weight excluding hydrogens is 300 g/mol. The lowest BCUT2D eigenvalue weighted by Crippen LogP contribution is -2.49. The Kier molecular flexibility index (Phi) is 4.11. The largest absolute Gasteiger partial charge is 0.493 e. The van der Waals surface area contributed by atoms with E-state index in [0.29, 0.717) is 13.0 Å². The predicted octanol–water partition coefficient (Wildman–Crippen LogP) is 2.90. The molecule has 1 amide bonds. The number of benzene rings is 2. The molecule has 0 aromatic heterocycles. The van der Waals surface area contributed by atoms with Gasteiger partial charge in [0.1, 0.15) is 5.75 Å². The lowest BCUT2D eigenvalue weighted by molar-refractivity contribution is -0.132. The number of piperazine rings is 1. The van der Waals surface area contributed by atoms with Gasteiger partial charge in [-0.15, -0.1) is 0 Å². The van der Waals surface area contributed by atoms with Crippen LogP contribution in [0.3, 0.4) is 0 Å². The van der Waals surface area contributed by atoms with Gasteiger partial charge >= 0.3 is 0 Å². The fourth-order valence-electron chi connectivity index (χ4n) is 3.59. The Morgan fingerprint density at radius 1 is 0.958 bits per heavy atom. The van der Waals surface area contributed by atoms with E-state index in [1.54, 1.807) is 0 Å². The standard InChI is InChI=1S/C20H22N2O2/c23-20(14-16-15-24-19-9-5-4-8-18(16)19)22-12-10-21(11-13-22)17-6-2-1-3-7-17/h1-9,16H,10-15H2. The molecule has 0 radical (unpaired) electrons. The molecule has 2 aliphatic rings. The SMILES string of the molecule is O=C(CC1COc2ccccc21)N1CCN(c2ccccc2)CC1. The van der Waals surface area contributed by atoms with Crippen molar-refractivity contribution < 1.29 is 9.53 Å². The minimum atomic E-state index is 0.195. The zero-order valence-corrected chi connectivity index (χ0v) is 13.7. The van der Waals surface area contributed by atoms with Gasteiger partial charge < -0.3 is 14.5 Å². The third-order valence-electron chi connectivity index (χ3n) is 4.97. The Morgan fingerprint density at radius 2 is 1.67 bits per heavy atom. The molecule has 1 unspecified atom stereocenters. The number of fused-ring (bicyclic) bond motifs is 1. The van der Waals surface area contributed by atoms with E-state index in [1.807, 2.05) is 29.2 Å². The van der Waals surface area contributed by atoms with Gasteiger partial charge in [0.15, 0.2) is 0 Å². The van der Waals surface area contributed by atoms with Gasteiger partial charge in [-0.25, -0.2) is 0 Å². The summed E-state index contributed by atoms with van der Waals surface area (Å²) >= 11 is 0. The highest BCUT2D eigenvalue weighted by atomic mass is 16.5. The topological polar surface area (TPSA) is 32.8 Å². The molecule has 2 heterocycles. The van der Waals surface area contributed by atoms with E-state index in [1.165, 1.54) is 11.3 Å². The number of carbonyl (C=O) groups is 1. The zero-order valence-electron chi connectivity index (χ0n) is 13.7. The van der Waals surface area contributed by atoms with E-state index in [0.717, 1.165) is 31.9 Å². The highest BCUT2D eigenvalue weighted by Crippen LogP contribution is 2.35. The van der Waals surface area contributed by atoms with Crippen molar-refractivity contribution in [3.63, 3.8) is 0 Å². The normalized spacial score (nSPS) is 19.8. The van der Waals surface area contributed by atoms with Gasteiger partial charge in [-0.2, -0.15) is 0 Å². The Morgan fingerprint density at radius 3 is 2.46 bits per heavy atom. The van der Waals surface area contributed by atoms with Gasteiger partial charge in [0.05, 0.1) is 6.61 Å². The summed E-state index contributed by atoms with van der Waals surface area (Å²) < 4.78 is 5.70. The molecule has 1 fully saturated rings. The van der Waals surface area contributed by atoms with Crippen molar-refractivity contribution in [3.8, 4) is 5.75 Å². The van der Waals surface area contributed by atoms with Crippen LogP contribution >= 0.6 is 0 Å². The molecule has 1 atom stereocenters. The van der Waals surface area contributed by atoms with Crippen molar-refractivity contribution >= 4 is 11.6 Å². The van der Waals surface area contributed by atoms with E-state index < -0.39 is 0 Å². The molecule has 4 nitrogen and oxygen atoms in total. The molecule has 0 bridgehead atoms. The van der Waals surface area contributed by atoms with Crippen LogP contribution in [0.25, 0.3) is 0 Å². The lowest BCUT2D eigenvalue weighted by Gasteiger charge is -2.36. The number of hydrogen-bond donors (Lipinski definition) is 0. The number of anilines is 1. The van der Waals surface area contributed by atoms with E-state index in [-0.39, 0.29) is 11.8 Å². The van der Waals surface area contributed by atoms with Crippen LogP contribution in [0.1, 0.15) is 17.9 Å². The summed E-state index contributed by atoms with van der Waals surface area (Å²) in [6.45, 7) is 4.00. The van der Waals surface area contributed by atoms with Gasteiger partial charge in [-0.1, -0.05) is 36.4 Å². The van der Waals surface area contributed by atoms with Crippen molar-refractivity contribution in [2.75, 3.05) is 37.7 Å². The van der Waals surface area contributed by atoms with Gasteiger partial charge in [0, 0.05) is 49.8 Å². The molecule has 0 N–H and O–H groups in total. The average molecular weight is 322 g/mol. The maximum absolute atomic E-state index is 12.7. The Labute approximate surface area is 142 Å². The Hall–Kier alpha value is -2.49. The third kappa shape index (κ3) is 2.96. The first-order valence-electron chi connectivity index (χ1n) is 8.61. The van der Waals surface area contributed by atoms with Crippen LogP contribution in [-0.2, 0) is 4.79 Å². The van der Waals surface area contributed by atoms with E-state index >= 15 is 0 Å². The van der Waals surface area contributed by atoms with E-state index in [9.17, 15) is 4.79 Å². The molecule has 0 aliphatic carbocycles. The molecule has 2 aromatic carbocycles. The fraction of sp³-hybridized carbons (Fsp3) is 0.350. The molecule has 1 saturated heterocycles. The van der Waals surface area contributed by atoms with Crippen LogP contribution in [0.4, 0.5) is 5.69 Å². The number of nitrogens with zero attached hydrogens (tertiary/aromatic N) is 2. The van der Waals surface area contributed by atoms with Crippen LogP contribution in [0.2, 0.25) is 0 Å². The quantitative estimate of drug-likeness (QED) is 0.871. The fourth-order valence-corrected chi connectivity index (χ4v) is 3.59. The minimum absolute atomic E-state index is 0.195. The van der Waals surface area contributed by atoms with Crippen LogP contribution in [0, 0.1) is 0 Å². The summed E-state index contributed by atoms with van der Waals surface area (Å²) in [5.41, 5.74) is 2.41. The summed E-state index contributed by atoms with van der Waals surface area (Å²) in [6, 6.07) is 18.5. The van der Waals surface area contributed by atoms with Crippen molar-refractivity contribution in [2.45, 2.75) is 12.3 Å². The third-order valence-corrected chi connectivity index (χ3v) is 4.97. The second kappa shape index (κ2) is 6.56. The Bertz CT molecular complexity index is 709. The molecular formula is C20H22N2O2. The van der Waals surface area contributed by atoms with Crippen LogP contribution in [-0.4, -0.2) is 43.6 Å². The summed E-state index contributed by atoms with van der Waals surface area (Å²) in [5, 5.41) is 0. The number of carbonyl (C=O) groups excluding carboxylic acids is 1. The van der Waals surface area contributed by atoms with E-state index in [2.05, 4.69) is 35.2 Å². The van der Waals surface area contributed by atoms with Crippen LogP contribution in [0.15, 0.2) is 54.6 Å². The van der Waals surface area contributed by atoms with Crippen molar-refractivity contribution in [1.29, 1.82) is 0 Å². The average Bonchev–Trinajstić information content (AvgIpc) is 3.06. The summed E-state index contributed by atoms with van der Waals surface area (Å²) in [6.07, 6.45) is 0.544. The first kappa shape index (κ1) is 15.1. The number of ether oxygens (including phenoxy) is 1. The van der Waals surface area contributed by atoms with Gasteiger partial charge in [0.25, 0.3) is 0 Å². The highest BCUT2D eigenvalue weighted by molar-refractivity contribution is 5.78. The summed E-state index contributed by atoms with van der Waals surface area (Å²) in [7, 11) is 0. The van der Waals surface area contributed by atoms with Gasteiger partial charge in [-0.3, -0.25) is 4.79 Å². The monoisotopic (exact) mass is 322 g/mol. The molecule has 24 heavy (non-hydrogen) atoms. The summed E-state index contributed by atoms with van der Waals surface area (Å²) in [5.74, 6) is 1.37. The number of para-hydroxylation sites is 2. The first-order valence-corrected chi connectivity index (χ1v) is 8.61. The maximum Gasteiger partial charge on any atom is 0.223 e. The van der Waals surface area contributed by atoms with Crippen molar-refractivity contribution in [2.24, 2.45) is 0 Å². The van der Waals surface area contributed by atoms with Crippen LogP contribution < -0.4 is 9.64 Å². The molecule has 0 spiro atoms. The first-order chi connectivity index (χ1) is 11.8. The summed E-state index contributed by atoms with van der Waals surface area (Å²) in [4.78, 5) is 17.0. The number of hydrogen-bond acceptors (Lipinski definition) is 3. The molecule has 2 aromatic rings. The van der Waals surface area contributed by atoms with Crippen LogP contribution in [0.5, 0.6) is 5.75 Å². The van der Waals surface area contributed by atoms with Gasteiger partial charge in [0.2, 0.25) is 5.91 Å². The maximum atomic E-state index is 12.7. The molecule has 124 valence electrons. The molecule has 0 saturated carbocycles. The predicted molar refractivity (Wildman–Crippen MR) is 94.5 cm³/mol. The number of rotatable bonds is 3. The van der Waals surface area contributed by atoms with E-state index in [4.69, 9.17) is 4.74 Å².